The van der Waals surface area contributed by atoms with Crippen molar-refractivity contribution in [2.24, 2.45) is 5.92 Å². The van der Waals surface area contributed by atoms with Gasteiger partial charge in [-0.3, -0.25) is 4.79 Å². The molecule has 2 aliphatic heterocycles. The Balaban J connectivity index is 1.49. The molecular formula is C35H44BrN2O2+. The molecule has 1 aliphatic carbocycles. The van der Waals surface area contributed by atoms with Crippen LogP contribution >= 0.6 is 15.9 Å². The fourth-order valence-electron chi connectivity index (χ4n) is 6.87. The van der Waals surface area contributed by atoms with E-state index in [-0.39, 0.29) is 16.6 Å². The van der Waals surface area contributed by atoms with Crippen LogP contribution in [0.2, 0.25) is 0 Å². The SMILES string of the molecule is CCCCCC[N+]1=C(C=C2C(=O)C(C=C3N(CCC)c4ccccc4C3(C)C)C2O)C(C)(C)c2cc(Br)ccc21. The van der Waals surface area contributed by atoms with Gasteiger partial charge < -0.3 is 10.0 Å². The van der Waals surface area contributed by atoms with E-state index in [4.69, 9.17) is 0 Å². The number of Topliss-reactive ketones (excluding diaryl/α,β-unsaturated/α-hetero) is 1. The zero-order valence-electron chi connectivity index (χ0n) is 24.9. The molecule has 1 fully saturated rings. The average Bonchev–Trinajstić information content (AvgIpc) is 3.26. The lowest BCUT2D eigenvalue weighted by molar-refractivity contribution is -0.438. The monoisotopic (exact) mass is 603 g/mol. The molecule has 3 aliphatic rings. The molecule has 212 valence electrons. The Labute approximate surface area is 248 Å². The number of fused-ring (bicyclic) bond motifs is 2. The Kier molecular flexibility index (Phi) is 8.02. The molecule has 2 unspecified atom stereocenters. The fourth-order valence-corrected chi connectivity index (χ4v) is 7.23. The van der Waals surface area contributed by atoms with Gasteiger partial charge in [-0.15, -0.1) is 0 Å². The number of unbranched alkanes of at least 4 members (excludes halogenated alkanes) is 3. The van der Waals surface area contributed by atoms with Crippen LogP contribution in [0, 0.1) is 5.92 Å². The number of hydrogen-bond acceptors (Lipinski definition) is 3. The van der Waals surface area contributed by atoms with Crippen molar-refractivity contribution in [3.05, 3.63) is 81.5 Å². The van der Waals surface area contributed by atoms with Gasteiger partial charge in [0.2, 0.25) is 5.69 Å². The van der Waals surface area contributed by atoms with E-state index in [1.165, 1.54) is 41.8 Å². The molecular weight excluding hydrogens is 560 g/mol. The Hall–Kier alpha value is -2.50. The summed E-state index contributed by atoms with van der Waals surface area (Å²) in [5, 5.41) is 11.4. The van der Waals surface area contributed by atoms with Gasteiger partial charge in [-0.25, -0.2) is 0 Å². The lowest BCUT2D eigenvalue weighted by Gasteiger charge is -2.35. The molecule has 2 aromatic carbocycles. The lowest BCUT2D eigenvalue weighted by atomic mass is 9.71. The zero-order chi connectivity index (χ0) is 28.8. The molecule has 0 spiro atoms. The smallest absolute Gasteiger partial charge is 0.209 e. The molecule has 2 atom stereocenters. The number of aliphatic hydroxyl groups excluding tert-OH is 1. The first-order valence-corrected chi connectivity index (χ1v) is 15.8. The molecule has 5 heteroatoms. The van der Waals surface area contributed by atoms with Crippen LogP contribution in [0.4, 0.5) is 11.4 Å². The molecule has 2 heterocycles. The summed E-state index contributed by atoms with van der Waals surface area (Å²) in [7, 11) is 0. The number of allylic oxidation sites excluding steroid dienone is 2. The summed E-state index contributed by atoms with van der Waals surface area (Å²) in [6.07, 6.45) is 8.98. The Bertz CT molecular complexity index is 1410. The molecule has 0 amide bonds. The highest BCUT2D eigenvalue weighted by atomic mass is 79.9. The summed E-state index contributed by atoms with van der Waals surface area (Å²) in [6, 6.07) is 15.0. The molecule has 2 aromatic rings. The molecule has 0 aromatic heterocycles. The summed E-state index contributed by atoms with van der Waals surface area (Å²) < 4.78 is 3.44. The van der Waals surface area contributed by atoms with Crippen LogP contribution in [0.15, 0.2) is 70.4 Å². The number of halogens is 1. The number of rotatable bonds is 9. The molecule has 40 heavy (non-hydrogen) atoms. The van der Waals surface area contributed by atoms with Gasteiger partial charge in [0.25, 0.3) is 0 Å². The van der Waals surface area contributed by atoms with Crippen LogP contribution in [-0.4, -0.2) is 40.4 Å². The van der Waals surface area contributed by atoms with Crippen LogP contribution in [-0.2, 0) is 15.6 Å². The molecule has 0 bridgehead atoms. The number of hydrogen-bond donors (Lipinski definition) is 1. The molecule has 5 rings (SSSR count). The van der Waals surface area contributed by atoms with Gasteiger partial charge in [0.1, 0.15) is 6.54 Å². The van der Waals surface area contributed by atoms with E-state index in [9.17, 15) is 9.90 Å². The molecule has 1 N–H and O–H groups in total. The highest BCUT2D eigenvalue weighted by molar-refractivity contribution is 9.10. The minimum atomic E-state index is -0.802. The average molecular weight is 605 g/mol. The number of carbonyl (C=O) groups is 1. The highest BCUT2D eigenvalue weighted by Crippen LogP contribution is 2.49. The van der Waals surface area contributed by atoms with Crippen LogP contribution in [0.3, 0.4) is 0 Å². The van der Waals surface area contributed by atoms with Gasteiger partial charge >= 0.3 is 0 Å². The summed E-state index contributed by atoms with van der Waals surface area (Å²) in [6.45, 7) is 15.1. The van der Waals surface area contributed by atoms with Crippen LogP contribution < -0.4 is 4.90 Å². The lowest BCUT2D eigenvalue weighted by Crippen LogP contribution is -2.46. The van der Waals surface area contributed by atoms with Gasteiger partial charge in [0.15, 0.2) is 11.5 Å². The third kappa shape index (κ3) is 4.73. The van der Waals surface area contributed by atoms with Crippen molar-refractivity contribution in [3.63, 3.8) is 0 Å². The minimum Gasteiger partial charge on any atom is -0.387 e. The minimum absolute atomic E-state index is 0.0366. The number of anilines is 1. The first-order valence-electron chi connectivity index (χ1n) is 15.0. The van der Waals surface area contributed by atoms with E-state index in [2.05, 4.69) is 115 Å². The third-order valence-electron chi connectivity index (χ3n) is 9.21. The fraction of sp³-hybridized carbons (Fsp3) is 0.486. The van der Waals surface area contributed by atoms with Crippen LogP contribution in [0.1, 0.15) is 84.8 Å². The number of nitrogens with zero attached hydrogens (tertiary/aromatic N) is 2. The Morgan fingerprint density at radius 3 is 2.42 bits per heavy atom. The van der Waals surface area contributed by atoms with E-state index >= 15 is 0 Å². The predicted octanol–water partition coefficient (Wildman–Crippen LogP) is 7.98. The van der Waals surface area contributed by atoms with Crippen molar-refractivity contribution >= 4 is 38.8 Å². The van der Waals surface area contributed by atoms with Gasteiger partial charge in [0, 0.05) is 57.5 Å². The first kappa shape index (κ1) is 29.0. The van der Waals surface area contributed by atoms with E-state index < -0.39 is 12.0 Å². The van der Waals surface area contributed by atoms with Crippen molar-refractivity contribution in [3.8, 4) is 0 Å². The third-order valence-corrected chi connectivity index (χ3v) is 9.70. The topological polar surface area (TPSA) is 43.5 Å². The van der Waals surface area contributed by atoms with Crippen molar-refractivity contribution in [2.45, 2.75) is 90.6 Å². The Morgan fingerprint density at radius 2 is 1.73 bits per heavy atom. The highest BCUT2D eigenvalue weighted by Gasteiger charge is 2.50. The Morgan fingerprint density at radius 1 is 0.975 bits per heavy atom. The first-order chi connectivity index (χ1) is 19.0. The van der Waals surface area contributed by atoms with Crippen LogP contribution in [0.25, 0.3) is 0 Å². The van der Waals surface area contributed by atoms with E-state index in [0.29, 0.717) is 5.57 Å². The number of carbonyl (C=O) groups excluding carboxylic acids is 1. The van der Waals surface area contributed by atoms with Crippen molar-refractivity contribution in [1.82, 2.24) is 0 Å². The van der Waals surface area contributed by atoms with E-state index in [1.54, 1.807) is 0 Å². The van der Waals surface area contributed by atoms with Crippen molar-refractivity contribution < 1.29 is 14.5 Å². The summed E-state index contributed by atoms with van der Waals surface area (Å²) >= 11 is 3.66. The quantitative estimate of drug-likeness (QED) is 0.179. The van der Waals surface area contributed by atoms with Crippen molar-refractivity contribution in [2.75, 3.05) is 18.0 Å². The van der Waals surface area contributed by atoms with E-state index in [1.807, 2.05) is 6.08 Å². The predicted molar refractivity (Wildman–Crippen MR) is 169 cm³/mol. The zero-order valence-corrected chi connectivity index (χ0v) is 26.5. The maximum absolute atomic E-state index is 13.7. The number of aliphatic hydroxyl groups is 1. The molecule has 0 radical (unpaired) electrons. The maximum atomic E-state index is 13.7. The maximum Gasteiger partial charge on any atom is 0.209 e. The number of para-hydroxylation sites is 1. The number of ketones is 1. The summed E-state index contributed by atoms with van der Waals surface area (Å²) in [5.41, 5.74) is 7.21. The van der Waals surface area contributed by atoms with Gasteiger partial charge in [0.05, 0.1) is 17.4 Å². The van der Waals surface area contributed by atoms with Gasteiger partial charge in [-0.05, 0) is 50.5 Å². The molecule has 0 saturated heterocycles. The number of benzene rings is 2. The summed E-state index contributed by atoms with van der Waals surface area (Å²) in [5.74, 6) is -0.483. The van der Waals surface area contributed by atoms with Gasteiger partial charge in [-0.2, -0.15) is 4.58 Å². The summed E-state index contributed by atoms with van der Waals surface area (Å²) in [4.78, 5) is 16.1. The largest absolute Gasteiger partial charge is 0.387 e. The standard InChI is InChI=1S/C35H44BrN2O2/c1-7-9-10-13-19-38-29-17-16-23(36)20-27(29)35(5,6)31(38)22-25-32(39)24(33(25)40)21-30-34(3,4)26-14-11-12-15-28(26)37(30)18-8-2/h11-12,14-17,20-22,24,32,39H,7-10,13,18-19H2,1-6H3/q+1. The second-order valence-electron chi connectivity index (χ2n) is 12.7. The second-order valence-corrected chi connectivity index (χ2v) is 13.6. The normalized spacial score (nSPS) is 24.6. The second kappa shape index (κ2) is 11.1. The van der Waals surface area contributed by atoms with Gasteiger partial charge in [-0.1, -0.05) is 80.7 Å². The molecule has 4 nitrogen and oxygen atoms in total. The van der Waals surface area contributed by atoms with Crippen LogP contribution in [0.5, 0.6) is 0 Å². The van der Waals surface area contributed by atoms with E-state index in [0.717, 1.165) is 41.8 Å². The van der Waals surface area contributed by atoms with Crippen molar-refractivity contribution in [1.29, 1.82) is 0 Å². The molecule has 1 saturated carbocycles.